The first-order valence-electron chi connectivity index (χ1n) is 7.90. The van der Waals surface area contributed by atoms with Crippen LogP contribution in [0.3, 0.4) is 0 Å². The second-order valence-corrected chi connectivity index (χ2v) is 9.55. The zero-order valence-corrected chi connectivity index (χ0v) is 17.8. The van der Waals surface area contributed by atoms with Crippen LogP contribution in [0.1, 0.15) is 18.1 Å². The van der Waals surface area contributed by atoms with Gasteiger partial charge in [0.25, 0.3) is 5.91 Å². The number of sulfone groups is 1. The first-order chi connectivity index (χ1) is 13.3. The van der Waals surface area contributed by atoms with Crippen molar-refractivity contribution < 1.29 is 31.5 Å². The Bertz CT molecular complexity index is 1080. The number of nitrogens with zero attached hydrogens (tertiary/aromatic N) is 1. The van der Waals surface area contributed by atoms with Crippen LogP contribution < -0.4 is 5.32 Å². The van der Waals surface area contributed by atoms with E-state index in [0.29, 0.717) is 6.07 Å². The van der Waals surface area contributed by atoms with E-state index < -0.39 is 44.4 Å². The summed E-state index contributed by atoms with van der Waals surface area (Å²) >= 11 is 1.98. The van der Waals surface area contributed by atoms with Gasteiger partial charge < -0.3 is 10.4 Å². The molecule has 11 heteroatoms. The van der Waals surface area contributed by atoms with E-state index in [1.54, 1.807) is 0 Å². The molecule has 2 N–H and O–H groups in total. The molecule has 0 aromatic heterocycles. The first-order valence-corrected chi connectivity index (χ1v) is 10.6. The molecule has 1 amide bonds. The minimum Gasteiger partial charge on any atom is -0.379 e. The largest absolute Gasteiger partial charge is 0.417 e. The highest BCUT2D eigenvalue weighted by Gasteiger charge is 2.38. The number of alkyl halides is 3. The van der Waals surface area contributed by atoms with Crippen LogP contribution in [-0.2, 0) is 20.8 Å². The van der Waals surface area contributed by atoms with Crippen molar-refractivity contribution in [3.8, 4) is 6.07 Å². The predicted molar refractivity (Wildman–Crippen MR) is 107 cm³/mol. The Kier molecular flexibility index (Phi) is 6.61. The lowest BCUT2D eigenvalue weighted by atomic mass is 10.1. The second-order valence-electron chi connectivity index (χ2n) is 6.31. The van der Waals surface area contributed by atoms with Gasteiger partial charge in [0.1, 0.15) is 0 Å². The molecule has 0 saturated carbocycles. The fourth-order valence-electron chi connectivity index (χ4n) is 2.38. The molecular formula is C18H14F3IN2O4S. The Balaban J connectivity index is 2.25. The number of rotatable bonds is 5. The number of benzene rings is 2. The number of aliphatic hydroxyl groups is 1. The van der Waals surface area contributed by atoms with Gasteiger partial charge in [-0.15, -0.1) is 0 Å². The molecule has 0 spiro atoms. The smallest absolute Gasteiger partial charge is 0.379 e. The molecule has 0 bridgehead atoms. The lowest BCUT2D eigenvalue weighted by Gasteiger charge is -2.22. The molecule has 29 heavy (non-hydrogen) atoms. The van der Waals surface area contributed by atoms with Gasteiger partial charge in [0.2, 0.25) is 0 Å². The average molecular weight is 538 g/mol. The molecule has 2 rings (SSSR count). The van der Waals surface area contributed by atoms with Crippen LogP contribution in [0.15, 0.2) is 47.4 Å². The SMILES string of the molecule is C[C@@](O)(CS(=O)(=O)c1ccc(I)cc1)C(=O)Nc1ccc(C#N)c(C(F)(F)F)c1. The van der Waals surface area contributed by atoms with E-state index in [-0.39, 0.29) is 10.6 Å². The van der Waals surface area contributed by atoms with Crippen molar-refractivity contribution >= 4 is 44.0 Å². The van der Waals surface area contributed by atoms with Gasteiger partial charge in [-0.3, -0.25) is 4.79 Å². The van der Waals surface area contributed by atoms with Gasteiger partial charge in [-0.1, -0.05) is 0 Å². The third-order valence-electron chi connectivity index (χ3n) is 3.84. The predicted octanol–water partition coefficient (Wildman–Crippen LogP) is 3.35. The molecule has 0 heterocycles. The maximum Gasteiger partial charge on any atom is 0.417 e. The van der Waals surface area contributed by atoms with Crippen molar-refractivity contribution in [2.24, 2.45) is 0 Å². The van der Waals surface area contributed by atoms with E-state index in [1.807, 2.05) is 22.6 Å². The standard InChI is InChI=1S/C18H14F3IN2O4S/c1-17(26,10-29(27,28)14-6-3-12(22)4-7-14)16(25)24-13-5-2-11(9-23)15(8-13)18(19,20)21/h2-8,26H,10H2,1H3,(H,24,25)/t17-/m1/s1. The summed E-state index contributed by atoms with van der Waals surface area (Å²) in [5, 5.41) is 21.2. The molecule has 1 atom stereocenters. The summed E-state index contributed by atoms with van der Waals surface area (Å²) in [6.45, 7) is 0.945. The van der Waals surface area contributed by atoms with Crippen molar-refractivity contribution in [1.82, 2.24) is 0 Å². The quantitative estimate of drug-likeness (QED) is 0.569. The number of halogens is 4. The van der Waals surface area contributed by atoms with Crippen LogP contribution in [-0.4, -0.2) is 30.8 Å². The highest BCUT2D eigenvalue weighted by Crippen LogP contribution is 2.33. The van der Waals surface area contributed by atoms with Gasteiger partial charge >= 0.3 is 6.18 Å². The van der Waals surface area contributed by atoms with Crippen LogP contribution in [0.2, 0.25) is 0 Å². The van der Waals surface area contributed by atoms with Gasteiger partial charge in [0.05, 0.1) is 27.8 Å². The second kappa shape index (κ2) is 8.29. The van der Waals surface area contributed by atoms with Crippen LogP contribution >= 0.6 is 22.6 Å². The summed E-state index contributed by atoms with van der Waals surface area (Å²) in [4.78, 5) is 12.2. The van der Waals surface area contributed by atoms with Gasteiger partial charge in [0.15, 0.2) is 15.4 Å². The number of nitriles is 1. The fourth-order valence-corrected chi connectivity index (χ4v) is 4.33. The van der Waals surface area contributed by atoms with Crippen molar-refractivity contribution in [3.63, 3.8) is 0 Å². The molecule has 0 aliphatic heterocycles. The molecule has 154 valence electrons. The van der Waals surface area contributed by atoms with Crippen molar-refractivity contribution in [2.45, 2.75) is 23.6 Å². The van der Waals surface area contributed by atoms with Crippen molar-refractivity contribution in [3.05, 3.63) is 57.2 Å². The molecule has 6 nitrogen and oxygen atoms in total. The fraction of sp³-hybridized carbons (Fsp3) is 0.222. The summed E-state index contributed by atoms with van der Waals surface area (Å²) in [6.07, 6.45) is -4.83. The molecule has 0 aliphatic rings. The van der Waals surface area contributed by atoms with Crippen LogP contribution in [0, 0.1) is 14.9 Å². The minimum absolute atomic E-state index is 0.108. The highest BCUT2D eigenvalue weighted by atomic mass is 127. The molecule has 0 fully saturated rings. The van der Waals surface area contributed by atoms with Crippen molar-refractivity contribution in [1.29, 1.82) is 5.26 Å². The van der Waals surface area contributed by atoms with E-state index in [2.05, 4.69) is 5.32 Å². The Hall–Kier alpha value is -2.17. The molecule has 2 aromatic carbocycles. The maximum atomic E-state index is 13.0. The van der Waals surface area contributed by atoms with Crippen molar-refractivity contribution in [2.75, 3.05) is 11.1 Å². The number of hydrogen-bond acceptors (Lipinski definition) is 5. The molecule has 2 aromatic rings. The van der Waals surface area contributed by atoms with E-state index in [4.69, 9.17) is 5.26 Å². The lowest BCUT2D eigenvalue weighted by molar-refractivity contribution is -0.137. The maximum absolute atomic E-state index is 13.0. The van der Waals surface area contributed by atoms with Crippen LogP contribution in [0.4, 0.5) is 18.9 Å². The van der Waals surface area contributed by atoms with Crippen LogP contribution in [0.25, 0.3) is 0 Å². The Morgan fingerprint density at radius 1 is 1.21 bits per heavy atom. The average Bonchev–Trinajstić information content (AvgIpc) is 2.60. The summed E-state index contributed by atoms with van der Waals surface area (Å²) in [6, 6.07) is 9.59. The van der Waals surface area contributed by atoms with E-state index in [0.717, 1.165) is 22.6 Å². The van der Waals surface area contributed by atoms with E-state index in [9.17, 15) is 31.5 Å². The number of anilines is 1. The first kappa shape index (κ1) is 23.1. The van der Waals surface area contributed by atoms with Gasteiger partial charge in [-0.25, -0.2) is 8.42 Å². The number of hydrogen-bond donors (Lipinski definition) is 2. The summed E-state index contributed by atoms with van der Waals surface area (Å²) in [5.41, 5.74) is -4.66. The van der Waals surface area contributed by atoms with Gasteiger partial charge in [-0.05, 0) is 72.0 Å². The molecule has 0 aliphatic carbocycles. The Labute approximate surface area is 178 Å². The zero-order valence-electron chi connectivity index (χ0n) is 14.8. The Morgan fingerprint density at radius 3 is 2.31 bits per heavy atom. The zero-order chi connectivity index (χ0) is 22.0. The summed E-state index contributed by atoms with van der Waals surface area (Å²) < 4.78 is 64.8. The lowest BCUT2D eigenvalue weighted by Crippen LogP contribution is -2.45. The molecular weight excluding hydrogens is 524 g/mol. The molecule has 0 radical (unpaired) electrons. The topological polar surface area (TPSA) is 107 Å². The highest BCUT2D eigenvalue weighted by molar-refractivity contribution is 14.1. The van der Waals surface area contributed by atoms with E-state index in [1.165, 1.54) is 30.3 Å². The number of amides is 1. The number of carbonyl (C=O) groups excluding carboxylic acids is 1. The normalized spacial score (nSPS) is 14.0. The third kappa shape index (κ3) is 5.68. The molecule has 0 unspecified atom stereocenters. The Morgan fingerprint density at radius 2 is 1.79 bits per heavy atom. The number of carbonyl (C=O) groups is 1. The van der Waals surface area contributed by atoms with Gasteiger partial charge in [-0.2, -0.15) is 18.4 Å². The number of nitrogens with one attached hydrogen (secondary N) is 1. The molecule has 0 saturated heterocycles. The summed E-state index contributed by atoms with van der Waals surface area (Å²) in [7, 11) is -4.05. The van der Waals surface area contributed by atoms with E-state index >= 15 is 0 Å². The van der Waals surface area contributed by atoms with Crippen LogP contribution in [0.5, 0.6) is 0 Å². The van der Waals surface area contributed by atoms with Gasteiger partial charge in [0, 0.05) is 9.26 Å². The third-order valence-corrected chi connectivity index (χ3v) is 6.49. The monoisotopic (exact) mass is 538 g/mol. The minimum atomic E-state index is -4.83. The summed E-state index contributed by atoms with van der Waals surface area (Å²) in [5.74, 6) is -2.18.